The Morgan fingerprint density at radius 1 is 0.893 bits per heavy atom. The summed E-state index contributed by atoms with van der Waals surface area (Å²) in [5.74, 6) is -1.08. The Bertz CT molecular complexity index is 825. The van der Waals surface area contributed by atoms with Gasteiger partial charge in [-0.2, -0.15) is 0 Å². The van der Waals surface area contributed by atoms with Crippen molar-refractivity contribution in [3.8, 4) is 0 Å². The van der Waals surface area contributed by atoms with Crippen LogP contribution in [0.1, 0.15) is 54.0 Å². The van der Waals surface area contributed by atoms with E-state index in [4.69, 9.17) is 9.47 Å². The van der Waals surface area contributed by atoms with Crippen LogP contribution in [0.2, 0.25) is 0 Å². The second kappa shape index (κ2) is 9.80. The van der Waals surface area contributed by atoms with Crippen molar-refractivity contribution in [2.45, 2.75) is 46.5 Å². The van der Waals surface area contributed by atoms with Gasteiger partial charge in [0.15, 0.2) is 11.9 Å². The van der Waals surface area contributed by atoms with Gasteiger partial charge in [0.25, 0.3) is 5.91 Å². The summed E-state index contributed by atoms with van der Waals surface area (Å²) in [6, 6.07) is 13.4. The smallest absolute Gasteiger partial charge is 0.338 e. The van der Waals surface area contributed by atoms with Gasteiger partial charge in [0.1, 0.15) is 0 Å². The quantitative estimate of drug-likeness (QED) is 0.550. The fourth-order valence-electron chi connectivity index (χ4n) is 2.31. The Morgan fingerprint density at radius 3 is 2.00 bits per heavy atom. The molecule has 0 saturated heterocycles. The van der Waals surface area contributed by atoms with Crippen molar-refractivity contribution in [2.75, 3.05) is 5.32 Å². The molecule has 0 spiro atoms. The zero-order valence-corrected chi connectivity index (χ0v) is 16.5. The highest BCUT2D eigenvalue weighted by molar-refractivity contribution is 5.98. The lowest BCUT2D eigenvalue weighted by atomic mass is 10.1. The van der Waals surface area contributed by atoms with Crippen molar-refractivity contribution < 1.29 is 23.9 Å². The van der Waals surface area contributed by atoms with Gasteiger partial charge in [-0.3, -0.25) is 9.59 Å². The first-order valence-corrected chi connectivity index (χ1v) is 9.09. The minimum absolute atomic E-state index is 0.0537. The van der Waals surface area contributed by atoms with Crippen molar-refractivity contribution in [3.63, 3.8) is 0 Å². The van der Waals surface area contributed by atoms with Gasteiger partial charge in [-0.15, -0.1) is 0 Å². The maximum atomic E-state index is 12.2. The molecular formula is C22H25NO5. The molecule has 0 saturated carbocycles. The van der Waals surface area contributed by atoms with Gasteiger partial charge >= 0.3 is 5.97 Å². The Kier molecular flexibility index (Phi) is 7.46. The standard InChI is InChI=1S/C22H25NO5/c1-14(2)27-13-17-5-7-19(8-6-17)22(26)28-16(4)21(25)23-20-11-9-18(10-12-20)15(3)24/h5-12,14,16H,13H2,1-4H3,(H,23,25)/t16-/m0/s1. The number of carbonyl (C=O) groups is 3. The van der Waals surface area contributed by atoms with Crippen molar-refractivity contribution in [3.05, 3.63) is 65.2 Å². The van der Waals surface area contributed by atoms with E-state index in [0.29, 0.717) is 23.4 Å². The van der Waals surface area contributed by atoms with E-state index in [1.54, 1.807) is 48.5 Å². The molecule has 2 rings (SSSR count). The maximum Gasteiger partial charge on any atom is 0.338 e. The van der Waals surface area contributed by atoms with Crippen LogP contribution in [-0.4, -0.2) is 29.9 Å². The molecule has 0 aliphatic rings. The Balaban J connectivity index is 1.90. The first-order valence-electron chi connectivity index (χ1n) is 9.09. The number of amides is 1. The third-order valence-corrected chi connectivity index (χ3v) is 3.98. The van der Waals surface area contributed by atoms with Gasteiger partial charge in [0, 0.05) is 11.3 Å². The molecule has 0 unspecified atom stereocenters. The number of ether oxygens (including phenoxy) is 2. The molecule has 1 amide bonds. The maximum absolute atomic E-state index is 12.2. The number of ketones is 1. The molecule has 2 aromatic rings. The molecule has 0 bridgehead atoms. The summed E-state index contributed by atoms with van der Waals surface area (Å²) in [6.45, 7) is 7.35. The van der Waals surface area contributed by atoms with E-state index in [0.717, 1.165) is 5.56 Å². The summed E-state index contributed by atoms with van der Waals surface area (Å²) in [7, 11) is 0. The van der Waals surface area contributed by atoms with E-state index in [-0.39, 0.29) is 11.9 Å². The average molecular weight is 383 g/mol. The topological polar surface area (TPSA) is 81.7 Å². The van der Waals surface area contributed by atoms with E-state index in [1.807, 2.05) is 13.8 Å². The number of Topliss-reactive ketones (excluding diaryl/α,β-unsaturated/α-hetero) is 1. The molecule has 0 aromatic heterocycles. The highest BCUT2D eigenvalue weighted by Crippen LogP contribution is 2.13. The summed E-state index contributed by atoms with van der Waals surface area (Å²) >= 11 is 0. The molecule has 0 fully saturated rings. The number of hydrogen-bond acceptors (Lipinski definition) is 5. The van der Waals surface area contributed by atoms with Crippen molar-refractivity contribution in [2.24, 2.45) is 0 Å². The lowest BCUT2D eigenvalue weighted by molar-refractivity contribution is -0.123. The molecule has 2 aromatic carbocycles. The Hall–Kier alpha value is -2.99. The summed E-state index contributed by atoms with van der Waals surface area (Å²) in [5.41, 5.74) is 2.39. The van der Waals surface area contributed by atoms with E-state index >= 15 is 0 Å². The molecule has 0 aliphatic heterocycles. The van der Waals surface area contributed by atoms with E-state index in [2.05, 4.69) is 5.32 Å². The second-order valence-electron chi connectivity index (χ2n) is 6.73. The van der Waals surface area contributed by atoms with Gasteiger partial charge in [-0.1, -0.05) is 12.1 Å². The fraction of sp³-hybridized carbons (Fsp3) is 0.318. The number of nitrogens with one attached hydrogen (secondary N) is 1. The molecule has 6 heteroatoms. The minimum Gasteiger partial charge on any atom is -0.449 e. The number of benzene rings is 2. The molecule has 0 radical (unpaired) electrons. The van der Waals surface area contributed by atoms with Crippen LogP contribution in [0.15, 0.2) is 48.5 Å². The molecular weight excluding hydrogens is 358 g/mol. The monoisotopic (exact) mass is 383 g/mol. The lowest BCUT2D eigenvalue weighted by Gasteiger charge is -2.14. The van der Waals surface area contributed by atoms with E-state index < -0.39 is 18.0 Å². The van der Waals surface area contributed by atoms with Gasteiger partial charge in [0.05, 0.1) is 18.3 Å². The predicted octanol–water partition coefficient (Wildman–Crippen LogP) is 4.00. The van der Waals surface area contributed by atoms with Crippen LogP contribution in [0.5, 0.6) is 0 Å². The Morgan fingerprint density at radius 2 is 1.46 bits per heavy atom. The minimum atomic E-state index is -0.969. The zero-order chi connectivity index (χ0) is 20.7. The highest BCUT2D eigenvalue weighted by atomic mass is 16.5. The molecule has 6 nitrogen and oxygen atoms in total. The van der Waals surface area contributed by atoms with E-state index in [9.17, 15) is 14.4 Å². The lowest BCUT2D eigenvalue weighted by Crippen LogP contribution is -2.30. The zero-order valence-electron chi connectivity index (χ0n) is 16.5. The van der Waals surface area contributed by atoms with Gasteiger partial charge < -0.3 is 14.8 Å². The largest absolute Gasteiger partial charge is 0.449 e. The third-order valence-electron chi connectivity index (χ3n) is 3.98. The van der Waals surface area contributed by atoms with E-state index in [1.165, 1.54) is 13.8 Å². The van der Waals surface area contributed by atoms with Gasteiger partial charge in [0.2, 0.25) is 0 Å². The summed E-state index contributed by atoms with van der Waals surface area (Å²) in [4.78, 5) is 35.7. The third kappa shape index (κ3) is 6.32. The van der Waals surface area contributed by atoms with Crippen LogP contribution in [0.3, 0.4) is 0 Å². The van der Waals surface area contributed by atoms with Gasteiger partial charge in [-0.05, 0) is 69.7 Å². The Labute approximate surface area is 164 Å². The first kappa shape index (κ1) is 21.3. The summed E-state index contributed by atoms with van der Waals surface area (Å²) < 4.78 is 10.7. The molecule has 0 aliphatic carbocycles. The highest BCUT2D eigenvalue weighted by Gasteiger charge is 2.19. The number of esters is 1. The predicted molar refractivity (Wildman–Crippen MR) is 106 cm³/mol. The molecule has 1 N–H and O–H groups in total. The molecule has 0 heterocycles. The number of hydrogen-bond donors (Lipinski definition) is 1. The van der Waals surface area contributed by atoms with Crippen molar-refractivity contribution >= 4 is 23.3 Å². The SMILES string of the molecule is CC(=O)c1ccc(NC(=O)[C@H](C)OC(=O)c2ccc(COC(C)C)cc2)cc1. The number of anilines is 1. The molecule has 1 atom stereocenters. The average Bonchev–Trinajstić information content (AvgIpc) is 2.67. The van der Waals surface area contributed by atoms with Crippen molar-refractivity contribution in [1.82, 2.24) is 0 Å². The fourth-order valence-corrected chi connectivity index (χ4v) is 2.31. The van der Waals surface area contributed by atoms with Gasteiger partial charge in [-0.25, -0.2) is 4.79 Å². The molecule has 148 valence electrons. The van der Waals surface area contributed by atoms with Crippen LogP contribution < -0.4 is 5.32 Å². The first-order chi connectivity index (χ1) is 13.3. The van der Waals surface area contributed by atoms with Crippen LogP contribution >= 0.6 is 0 Å². The van der Waals surface area contributed by atoms with Crippen LogP contribution in [0.4, 0.5) is 5.69 Å². The van der Waals surface area contributed by atoms with Crippen LogP contribution in [0, 0.1) is 0 Å². The van der Waals surface area contributed by atoms with Crippen molar-refractivity contribution in [1.29, 1.82) is 0 Å². The number of rotatable bonds is 8. The summed E-state index contributed by atoms with van der Waals surface area (Å²) in [5, 5.41) is 2.66. The van der Waals surface area contributed by atoms with Crippen LogP contribution in [-0.2, 0) is 20.9 Å². The van der Waals surface area contributed by atoms with Crippen LogP contribution in [0.25, 0.3) is 0 Å². The normalized spacial score (nSPS) is 11.8. The molecule has 28 heavy (non-hydrogen) atoms. The second-order valence-corrected chi connectivity index (χ2v) is 6.73. The number of carbonyl (C=O) groups excluding carboxylic acids is 3. The summed E-state index contributed by atoms with van der Waals surface area (Å²) in [6.07, 6.45) is -0.841.